The third-order valence-electron chi connectivity index (χ3n) is 5.05. The molecule has 2 aliphatic rings. The van der Waals surface area contributed by atoms with E-state index in [1.807, 2.05) is 25.1 Å². The first-order valence-electron chi connectivity index (χ1n) is 8.10. The first kappa shape index (κ1) is 14.9. The van der Waals surface area contributed by atoms with Crippen molar-refractivity contribution in [3.8, 4) is 0 Å². The van der Waals surface area contributed by atoms with Gasteiger partial charge in [0.25, 0.3) is 0 Å². The van der Waals surface area contributed by atoms with Crippen molar-refractivity contribution in [2.45, 2.75) is 38.3 Å². The molecule has 1 aromatic carbocycles. The van der Waals surface area contributed by atoms with Crippen molar-refractivity contribution in [3.05, 3.63) is 34.5 Å². The van der Waals surface area contributed by atoms with Gasteiger partial charge in [0.1, 0.15) is 11.0 Å². The van der Waals surface area contributed by atoms with E-state index < -0.39 is 0 Å². The predicted octanol–water partition coefficient (Wildman–Crippen LogP) is 3.77. The van der Waals surface area contributed by atoms with E-state index in [9.17, 15) is 4.79 Å². The second-order valence-electron chi connectivity index (χ2n) is 6.44. The lowest BCUT2D eigenvalue weighted by Crippen LogP contribution is -2.55. The minimum Gasteiger partial charge on any atom is -0.377 e. The number of piperidine rings is 1. The summed E-state index contributed by atoms with van der Waals surface area (Å²) in [6, 6.07) is 6.45. The topological polar surface area (TPSA) is 42.4 Å². The molecule has 0 spiro atoms. The summed E-state index contributed by atoms with van der Waals surface area (Å²) >= 11 is 6.45. The molecule has 23 heavy (non-hydrogen) atoms. The lowest BCUT2D eigenvalue weighted by molar-refractivity contribution is 0.0457. The van der Waals surface area contributed by atoms with E-state index in [0.29, 0.717) is 23.9 Å². The molecule has 120 valence electrons. The summed E-state index contributed by atoms with van der Waals surface area (Å²) in [6.45, 7) is 3.40. The zero-order chi connectivity index (χ0) is 16.0. The van der Waals surface area contributed by atoms with E-state index in [2.05, 4.69) is 9.88 Å². The average Bonchev–Trinajstić information content (AvgIpc) is 2.54. The molecule has 2 fully saturated rings. The molecular formula is C18H19ClN2O2. The van der Waals surface area contributed by atoms with Crippen LogP contribution in [-0.4, -0.2) is 36.6 Å². The number of aromatic nitrogens is 1. The number of hydrogen-bond donors (Lipinski definition) is 0. The third kappa shape index (κ3) is 2.32. The van der Waals surface area contributed by atoms with Gasteiger partial charge in [-0.3, -0.25) is 4.79 Å². The van der Waals surface area contributed by atoms with Crippen LogP contribution in [0, 0.1) is 6.92 Å². The van der Waals surface area contributed by atoms with Gasteiger partial charge in [0.2, 0.25) is 0 Å². The number of aldehydes is 1. The fourth-order valence-electron chi connectivity index (χ4n) is 4.01. The van der Waals surface area contributed by atoms with Crippen LogP contribution >= 0.6 is 11.6 Å². The molecule has 2 aromatic rings. The van der Waals surface area contributed by atoms with Gasteiger partial charge in [-0.2, -0.15) is 0 Å². The second-order valence-corrected chi connectivity index (χ2v) is 6.80. The fourth-order valence-corrected chi connectivity index (χ4v) is 4.25. The highest BCUT2D eigenvalue weighted by atomic mass is 35.5. The van der Waals surface area contributed by atoms with Crippen LogP contribution in [0.15, 0.2) is 18.2 Å². The highest BCUT2D eigenvalue weighted by Gasteiger charge is 2.37. The van der Waals surface area contributed by atoms with E-state index in [1.165, 1.54) is 6.42 Å². The number of fused-ring (bicyclic) bond motifs is 3. The number of carbonyl (C=O) groups is 1. The Balaban J connectivity index is 1.96. The standard InChI is InChI=1S/C18H19ClN2O2/c1-11-4-2-7-14-16(11)15(8-22)18(20-17(14)19)21-12-5-3-6-13(21)10-23-9-12/h2,4,7-8,12-13H,3,5-6,9-10H2,1H3. The van der Waals surface area contributed by atoms with Crippen LogP contribution in [0.2, 0.25) is 5.15 Å². The highest BCUT2D eigenvalue weighted by molar-refractivity contribution is 6.35. The first-order valence-corrected chi connectivity index (χ1v) is 8.48. The van der Waals surface area contributed by atoms with Gasteiger partial charge in [0.05, 0.1) is 30.9 Å². The number of halogens is 1. The lowest BCUT2D eigenvalue weighted by atomic mass is 9.93. The summed E-state index contributed by atoms with van der Waals surface area (Å²) < 4.78 is 5.71. The molecule has 2 atom stereocenters. The van der Waals surface area contributed by atoms with E-state index >= 15 is 0 Å². The first-order chi connectivity index (χ1) is 11.2. The molecular weight excluding hydrogens is 312 g/mol. The number of ether oxygens (including phenoxy) is 1. The van der Waals surface area contributed by atoms with Crippen LogP contribution in [0.3, 0.4) is 0 Å². The quantitative estimate of drug-likeness (QED) is 0.621. The monoisotopic (exact) mass is 330 g/mol. The van der Waals surface area contributed by atoms with Crippen molar-refractivity contribution in [1.82, 2.24) is 4.98 Å². The SMILES string of the molecule is Cc1cccc2c(Cl)nc(N3C4CCCC3COC4)c(C=O)c12. The van der Waals surface area contributed by atoms with Crippen LogP contribution in [-0.2, 0) is 4.74 Å². The summed E-state index contributed by atoms with van der Waals surface area (Å²) in [5, 5.41) is 2.23. The van der Waals surface area contributed by atoms with Gasteiger partial charge in [-0.25, -0.2) is 4.98 Å². The average molecular weight is 331 g/mol. The number of hydrogen-bond acceptors (Lipinski definition) is 4. The van der Waals surface area contributed by atoms with Gasteiger partial charge in [0.15, 0.2) is 6.29 Å². The minimum atomic E-state index is 0.284. The normalized spacial score (nSPS) is 24.0. The van der Waals surface area contributed by atoms with Gasteiger partial charge >= 0.3 is 0 Å². The molecule has 2 saturated heterocycles. The molecule has 0 radical (unpaired) electrons. The number of nitrogens with zero attached hydrogens (tertiary/aromatic N) is 2. The third-order valence-corrected chi connectivity index (χ3v) is 5.34. The summed E-state index contributed by atoms with van der Waals surface area (Å²) in [5.41, 5.74) is 1.70. The molecule has 1 aromatic heterocycles. The van der Waals surface area contributed by atoms with Crippen LogP contribution in [0.1, 0.15) is 35.2 Å². The molecule has 2 bridgehead atoms. The summed E-state index contributed by atoms with van der Waals surface area (Å²) in [4.78, 5) is 18.8. The largest absolute Gasteiger partial charge is 0.377 e. The molecule has 2 aliphatic heterocycles. The van der Waals surface area contributed by atoms with Crippen LogP contribution in [0.25, 0.3) is 10.8 Å². The van der Waals surface area contributed by atoms with Crippen molar-refractivity contribution in [2.24, 2.45) is 0 Å². The summed E-state index contributed by atoms with van der Waals surface area (Å²) in [6.07, 6.45) is 4.27. The zero-order valence-electron chi connectivity index (χ0n) is 13.1. The Morgan fingerprint density at radius 1 is 1.30 bits per heavy atom. The zero-order valence-corrected chi connectivity index (χ0v) is 13.8. The van der Waals surface area contributed by atoms with Gasteiger partial charge in [-0.05, 0) is 31.7 Å². The number of pyridine rings is 1. The Morgan fingerprint density at radius 2 is 2.04 bits per heavy atom. The fraction of sp³-hybridized carbons (Fsp3) is 0.444. The Kier molecular flexibility index (Phi) is 3.74. The van der Waals surface area contributed by atoms with Crippen molar-refractivity contribution in [1.29, 1.82) is 0 Å². The minimum absolute atomic E-state index is 0.284. The molecule has 2 unspecified atom stereocenters. The van der Waals surface area contributed by atoms with E-state index in [0.717, 1.165) is 41.3 Å². The number of morpholine rings is 1. The molecule has 0 N–H and O–H groups in total. The predicted molar refractivity (Wildman–Crippen MR) is 91.6 cm³/mol. The number of aryl methyl sites for hydroxylation is 1. The molecule has 3 heterocycles. The van der Waals surface area contributed by atoms with E-state index in [4.69, 9.17) is 16.3 Å². The maximum Gasteiger partial charge on any atom is 0.154 e. The molecule has 4 rings (SSSR count). The Morgan fingerprint density at radius 3 is 2.74 bits per heavy atom. The molecule has 0 aliphatic carbocycles. The van der Waals surface area contributed by atoms with E-state index in [-0.39, 0.29) is 12.1 Å². The molecule has 0 saturated carbocycles. The number of anilines is 1. The number of carbonyl (C=O) groups excluding carboxylic acids is 1. The smallest absolute Gasteiger partial charge is 0.154 e. The Hall–Kier alpha value is -1.65. The van der Waals surface area contributed by atoms with Gasteiger partial charge in [0, 0.05) is 10.8 Å². The van der Waals surface area contributed by atoms with Gasteiger partial charge in [-0.1, -0.05) is 29.8 Å². The summed E-state index contributed by atoms with van der Waals surface area (Å²) in [5.74, 6) is 0.727. The van der Waals surface area contributed by atoms with Crippen LogP contribution in [0.5, 0.6) is 0 Å². The second kappa shape index (κ2) is 5.77. The van der Waals surface area contributed by atoms with E-state index in [1.54, 1.807) is 0 Å². The Labute approximate surface area is 140 Å². The highest BCUT2D eigenvalue weighted by Crippen LogP contribution is 2.38. The van der Waals surface area contributed by atoms with Crippen molar-refractivity contribution in [3.63, 3.8) is 0 Å². The number of benzene rings is 1. The van der Waals surface area contributed by atoms with Crippen molar-refractivity contribution in [2.75, 3.05) is 18.1 Å². The summed E-state index contributed by atoms with van der Waals surface area (Å²) in [7, 11) is 0. The lowest BCUT2D eigenvalue weighted by Gasteiger charge is -2.47. The van der Waals surface area contributed by atoms with Gasteiger partial charge < -0.3 is 9.64 Å². The maximum atomic E-state index is 11.9. The Bertz CT molecular complexity index is 755. The van der Waals surface area contributed by atoms with Crippen LogP contribution < -0.4 is 4.90 Å². The molecule has 4 nitrogen and oxygen atoms in total. The van der Waals surface area contributed by atoms with Crippen molar-refractivity contribution >= 4 is 34.5 Å². The van der Waals surface area contributed by atoms with Crippen molar-refractivity contribution < 1.29 is 9.53 Å². The number of rotatable bonds is 2. The molecule has 5 heteroatoms. The van der Waals surface area contributed by atoms with Gasteiger partial charge in [-0.15, -0.1) is 0 Å². The van der Waals surface area contributed by atoms with Crippen LogP contribution in [0.4, 0.5) is 5.82 Å². The molecule has 0 amide bonds. The maximum absolute atomic E-state index is 11.9.